The van der Waals surface area contributed by atoms with Crippen LogP contribution in [0.3, 0.4) is 0 Å². The van der Waals surface area contributed by atoms with Crippen LogP contribution in [-0.2, 0) is 25.7 Å². The first-order valence-corrected chi connectivity index (χ1v) is 16.6. The normalized spacial score (nSPS) is 36.4. The SMILES string of the molecule is COc1ccc(OCc2ccccc2C(C)=O)c(F)c1[C@@H]1O[C@@H]2C[C@H]3[C@@H]4CCC5=CC(=O)C=C[C@]5(C)[C@H]4[C@@H](O)C[C@]3(C)[C@]2(C(=O)CO)O1. The molecule has 1 heterocycles. The summed E-state index contributed by atoms with van der Waals surface area (Å²) in [4.78, 5) is 38.3. The number of carbonyl (C=O) groups is 3. The molecule has 1 saturated heterocycles. The van der Waals surface area contributed by atoms with E-state index in [9.17, 15) is 24.6 Å². The van der Waals surface area contributed by atoms with Gasteiger partial charge < -0.3 is 29.2 Å². The minimum atomic E-state index is -1.66. The number of aliphatic hydroxyl groups is 2. The molecule has 0 bridgehead atoms. The highest BCUT2D eigenvalue weighted by Gasteiger charge is 2.76. The van der Waals surface area contributed by atoms with E-state index in [1.165, 1.54) is 26.2 Å². The van der Waals surface area contributed by atoms with E-state index in [0.717, 1.165) is 12.0 Å². The van der Waals surface area contributed by atoms with Gasteiger partial charge in [0.2, 0.25) is 0 Å². The van der Waals surface area contributed by atoms with Crippen LogP contribution in [0, 0.1) is 34.4 Å². The molecule has 2 aromatic carbocycles. The first-order chi connectivity index (χ1) is 22.9. The van der Waals surface area contributed by atoms with E-state index in [2.05, 4.69) is 6.92 Å². The van der Waals surface area contributed by atoms with E-state index in [1.54, 1.807) is 36.4 Å². The lowest BCUT2D eigenvalue weighted by molar-refractivity contribution is -0.201. The number of carbonyl (C=O) groups excluding carboxylic acids is 3. The molecular weight excluding hydrogens is 619 g/mol. The second kappa shape index (κ2) is 11.7. The van der Waals surface area contributed by atoms with Crippen molar-refractivity contribution < 1.29 is 47.9 Å². The fourth-order valence-corrected chi connectivity index (χ4v) is 10.0. The molecule has 10 heteroatoms. The molecule has 3 saturated carbocycles. The van der Waals surface area contributed by atoms with Crippen molar-refractivity contribution in [2.24, 2.45) is 28.6 Å². The fraction of sp³-hybridized carbons (Fsp3) is 0.500. The molecule has 0 spiro atoms. The van der Waals surface area contributed by atoms with Crippen LogP contribution < -0.4 is 9.47 Å². The summed E-state index contributed by atoms with van der Waals surface area (Å²) in [6, 6.07) is 9.89. The van der Waals surface area contributed by atoms with Gasteiger partial charge in [-0.3, -0.25) is 14.4 Å². The second-order valence-electron chi connectivity index (χ2n) is 14.3. The zero-order valence-corrected chi connectivity index (χ0v) is 27.5. The molecule has 0 radical (unpaired) electrons. The van der Waals surface area contributed by atoms with Gasteiger partial charge in [-0.25, -0.2) is 4.39 Å². The third kappa shape index (κ3) is 4.60. The maximum absolute atomic E-state index is 16.4. The van der Waals surface area contributed by atoms with Gasteiger partial charge in [0.15, 0.2) is 40.8 Å². The van der Waals surface area contributed by atoms with Crippen molar-refractivity contribution in [3.8, 4) is 11.5 Å². The standard InChI is InChI=1S/C38H41FO9/c1-20(41)24-8-6-5-7-21(24)19-46-29-12-11-28(45-4)32(34(29)39)35-47-31-16-26-25-10-9-22-15-23(42)13-14-36(22,2)33(25)27(43)17-37(26,3)38(31,48-35)30(44)18-40/h5-8,11-15,25-27,31,33,35,40,43H,9-10,16-19H2,1-4H3/t25-,26-,27-,31+,33+,35+,36-,37-,38+/m0/s1. The number of ketones is 3. The summed E-state index contributed by atoms with van der Waals surface area (Å²) in [5.74, 6) is -1.87. The van der Waals surface area contributed by atoms with Gasteiger partial charge in [-0.15, -0.1) is 0 Å². The Kier molecular flexibility index (Phi) is 8.02. The zero-order valence-electron chi connectivity index (χ0n) is 27.5. The second-order valence-corrected chi connectivity index (χ2v) is 14.3. The van der Waals surface area contributed by atoms with E-state index in [1.807, 2.05) is 13.0 Å². The van der Waals surface area contributed by atoms with Crippen molar-refractivity contribution in [2.75, 3.05) is 13.7 Å². The quantitative estimate of drug-likeness (QED) is 0.367. The summed E-state index contributed by atoms with van der Waals surface area (Å²) < 4.78 is 40.9. The molecule has 0 aromatic heterocycles. The number of allylic oxidation sites excluding steroid dienone is 4. The number of fused-ring (bicyclic) bond motifs is 7. The number of benzene rings is 2. The van der Waals surface area contributed by atoms with Crippen LogP contribution in [0.25, 0.3) is 0 Å². The number of aliphatic hydroxyl groups excluding tert-OH is 2. The molecule has 2 N–H and O–H groups in total. The number of rotatable bonds is 8. The molecule has 5 aliphatic rings. The van der Waals surface area contributed by atoms with Crippen molar-refractivity contribution in [1.82, 2.24) is 0 Å². The van der Waals surface area contributed by atoms with Crippen molar-refractivity contribution in [3.05, 3.63) is 82.7 Å². The van der Waals surface area contributed by atoms with Crippen LogP contribution in [0.1, 0.15) is 74.2 Å². The minimum absolute atomic E-state index is 0.0146. The fourth-order valence-electron chi connectivity index (χ4n) is 10.0. The summed E-state index contributed by atoms with van der Waals surface area (Å²) in [5.41, 5.74) is -1.12. The Bertz CT molecular complexity index is 1750. The number of methoxy groups -OCH3 is 1. The molecule has 7 rings (SSSR count). The molecular formula is C38H41FO9. The topological polar surface area (TPSA) is 129 Å². The van der Waals surface area contributed by atoms with E-state index in [-0.39, 0.29) is 59.4 Å². The Morgan fingerprint density at radius 3 is 2.60 bits per heavy atom. The third-order valence-electron chi connectivity index (χ3n) is 12.1. The number of Topliss-reactive ketones (excluding diaryl/α,β-unsaturated/α-hetero) is 2. The highest BCUT2D eigenvalue weighted by molar-refractivity contribution is 6.01. The summed E-state index contributed by atoms with van der Waals surface area (Å²) in [6.07, 6.45) is 4.16. The number of ether oxygens (including phenoxy) is 4. The first kappa shape index (κ1) is 32.8. The Morgan fingerprint density at radius 1 is 1.12 bits per heavy atom. The molecule has 0 amide bonds. The van der Waals surface area contributed by atoms with Crippen LogP contribution in [0.5, 0.6) is 11.5 Å². The Hall–Kier alpha value is -3.70. The molecule has 1 aliphatic heterocycles. The molecule has 9 atom stereocenters. The molecule has 4 fully saturated rings. The minimum Gasteiger partial charge on any atom is -0.496 e. The van der Waals surface area contributed by atoms with Gasteiger partial charge in [0.05, 0.1) is 24.9 Å². The van der Waals surface area contributed by atoms with Crippen LogP contribution in [0.15, 0.2) is 60.2 Å². The van der Waals surface area contributed by atoms with Gasteiger partial charge >= 0.3 is 0 Å². The van der Waals surface area contributed by atoms with Crippen molar-refractivity contribution >= 4 is 17.3 Å². The van der Waals surface area contributed by atoms with E-state index >= 15 is 4.39 Å². The Labute approximate surface area is 278 Å². The lowest BCUT2D eigenvalue weighted by atomic mass is 9.46. The maximum atomic E-state index is 16.4. The predicted molar refractivity (Wildman–Crippen MR) is 171 cm³/mol. The molecule has 254 valence electrons. The van der Waals surface area contributed by atoms with Gasteiger partial charge in [-0.2, -0.15) is 0 Å². The van der Waals surface area contributed by atoms with Gasteiger partial charge in [0, 0.05) is 27.9 Å². The maximum Gasteiger partial charge on any atom is 0.193 e. The molecule has 9 nitrogen and oxygen atoms in total. The molecule has 2 aromatic rings. The van der Waals surface area contributed by atoms with E-state index in [4.69, 9.17) is 18.9 Å². The summed E-state index contributed by atoms with van der Waals surface area (Å²) in [5, 5.41) is 22.2. The highest BCUT2D eigenvalue weighted by atomic mass is 19.1. The lowest BCUT2D eigenvalue weighted by Crippen LogP contribution is -2.63. The van der Waals surface area contributed by atoms with Gasteiger partial charge in [-0.1, -0.05) is 49.8 Å². The van der Waals surface area contributed by atoms with E-state index in [0.29, 0.717) is 24.0 Å². The Morgan fingerprint density at radius 2 is 1.88 bits per heavy atom. The third-order valence-corrected chi connectivity index (χ3v) is 12.1. The first-order valence-electron chi connectivity index (χ1n) is 16.6. The van der Waals surface area contributed by atoms with Crippen molar-refractivity contribution in [3.63, 3.8) is 0 Å². The van der Waals surface area contributed by atoms with E-state index < -0.39 is 53.1 Å². The number of hydrogen-bond donors (Lipinski definition) is 2. The smallest absolute Gasteiger partial charge is 0.193 e. The van der Waals surface area contributed by atoms with Crippen LogP contribution in [0.2, 0.25) is 0 Å². The van der Waals surface area contributed by atoms with Gasteiger partial charge in [-0.05, 0) is 68.7 Å². The molecule has 48 heavy (non-hydrogen) atoms. The van der Waals surface area contributed by atoms with Gasteiger partial charge in [0.25, 0.3) is 0 Å². The van der Waals surface area contributed by atoms with Gasteiger partial charge in [0.1, 0.15) is 19.0 Å². The van der Waals surface area contributed by atoms with Crippen molar-refractivity contribution in [1.29, 1.82) is 0 Å². The summed E-state index contributed by atoms with van der Waals surface area (Å²) >= 11 is 0. The van der Waals surface area contributed by atoms with Crippen LogP contribution in [-0.4, -0.2) is 59.1 Å². The number of hydrogen-bond acceptors (Lipinski definition) is 9. The average Bonchev–Trinajstić information content (AvgIpc) is 3.56. The largest absolute Gasteiger partial charge is 0.496 e. The average molecular weight is 661 g/mol. The number of halogens is 1. The van der Waals surface area contributed by atoms with Crippen LogP contribution in [0.4, 0.5) is 4.39 Å². The van der Waals surface area contributed by atoms with Crippen molar-refractivity contribution in [2.45, 2.75) is 77.2 Å². The predicted octanol–water partition coefficient (Wildman–Crippen LogP) is 5.22. The zero-order chi connectivity index (χ0) is 34.2. The van der Waals surface area contributed by atoms with Crippen LogP contribution >= 0.6 is 0 Å². The summed E-state index contributed by atoms with van der Waals surface area (Å²) in [7, 11) is 1.39. The summed E-state index contributed by atoms with van der Waals surface area (Å²) in [6.45, 7) is 4.56. The lowest BCUT2D eigenvalue weighted by Gasteiger charge is -2.59. The monoisotopic (exact) mass is 660 g/mol. The Balaban J connectivity index is 1.22. The molecule has 4 aliphatic carbocycles. The highest BCUT2D eigenvalue weighted by Crippen LogP contribution is 2.70. The molecule has 0 unspecified atom stereocenters.